The summed E-state index contributed by atoms with van der Waals surface area (Å²) in [6, 6.07) is 21.7. The molecule has 0 bridgehead atoms. The fourth-order valence-corrected chi connectivity index (χ4v) is 2.64. The van der Waals surface area contributed by atoms with Crippen LogP contribution in [-0.4, -0.2) is 23.2 Å². The van der Waals surface area contributed by atoms with Gasteiger partial charge in [-0.1, -0.05) is 54.1 Å². The number of nitrogens with one attached hydrogen (secondary N) is 1. The van der Waals surface area contributed by atoms with Crippen LogP contribution in [0.15, 0.2) is 84.0 Å². The predicted octanol–water partition coefficient (Wildman–Crippen LogP) is 3.74. The van der Waals surface area contributed by atoms with E-state index in [-0.39, 0.29) is 5.56 Å². The van der Waals surface area contributed by atoms with Gasteiger partial charge in [-0.05, 0) is 47.5 Å². The van der Waals surface area contributed by atoms with Crippen LogP contribution in [0.4, 0.5) is 0 Å². The lowest BCUT2D eigenvalue weighted by molar-refractivity contribution is -0.129. The number of hydrazone groups is 1. The first kappa shape index (κ1) is 20.3. The predicted molar refractivity (Wildman–Crippen MR) is 110 cm³/mol. The Labute approximate surface area is 172 Å². The molecule has 0 fully saturated rings. The smallest absolute Gasteiger partial charge is 0.345 e. The van der Waals surface area contributed by atoms with Crippen LogP contribution in [0.2, 0.25) is 5.02 Å². The number of carbonyl (C=O) groups excluding carboxylic acids is 2. The maximum atomic E-state index is 12.1. The highest BCUT2D eigenvalue weighted by Crippen LogP contribution is 2.19. The summed E-state index contributed by atoms with van der Waals surface area (Å²) >= 11 is 5.98. The van der Waals surface area contributed by atoms with Gasteiger partial charge in [-0.2, -0.15) is 5.10 Å². The van der Waals surface area contributed by atoms with Gasteiger partial charge in [-0.25, -0.2) is 10.2 Å². The molecule has 0 aliphatic carbocycles. The summed E-state index contributed by atoms with van der Waals surface area (Å²) < 4.78 is 5.29. The Balaban J connectivity index is 1.55. The number of rotatable bonds is 6. The van der Waals surface area contributed by atoms with Gasteiger partial charge in [0.15, 0.2) is 6.10 Å². The quantitative estimate of drug-likeness (QED) is 0.281. The van der Waals surface area contributed by atoms with Crippen LogP contribution in [0.5, 0.6) is 5.75 Å². The minimum Gasteiger partial charge on any atom is -0.423 e. The molecule has 0 spiro atoms. The lowest BCUT2D eigenvalue weighted by atomic mass is 10.1. The molecular weight excluding hydrogens is 392 g/mol. The van der Waals surface area contributed by atoms with E-state index in [0.29, 0.717) is 21.9 Å². The Morgan fingerprint density at radius 2 is 1.62 bits per heavy atom. The van der Waals surface area contributed by atoms with Crippen molar-refractivity contribution in [3.63, 3.8) is 0 Å². The zero-order chi connectivity index (χ0) is 20.6. The maximum absolute atomic E-state index is 12.1. The number of halogens is 1. The van der Waals surface area contributed by atoms with E-state index in [2.05, 4.69) is 10.5 Å². The number of aliphatic hydroxyl groups is 1. The largest absolute Gasteiger partial charge is 0.423 e. The van der Waals surface area contributed by atoms with E-state index in [9.17, 15) is 14.7 Å². The second kappa shape index (κ2) is 9.64. The Morgan fingerprint density at radius 3 is 2.31 bits per heavy atom. The van der Waals surface area contributed by atoms with Gasteiger partial charge in [0.2, 0.25) is 0 Å². The first-order chi connectivity index (χ1) is 14.0. The molecule has 0 heterocycles. The van der Waals surface area contributed by atoms with E-state index < -0.39 is 18.0 Å². The summed E-state index contributed by atoms with van der Waals surface area (Å²) in [5.41, 5.74) is 3.70. The van der Waals surface area contributed by atoms with Crippen molar-refractivity contribution in [2.24, 2.45) is 5.10 Å². The van der Waals surface area contributed by atoms with E-state index in [4.69, 9.17) is 16.3 Å². The summed E-state index contributed by atoms with van der Waals surface area (Å²) in [5.74, 6) is -0.854. The topological polar surface area (TPSA) is 88.0 Å². The van der Waals surface area contributed by atoms with Crippen LogP contribution in [0, 0.1) is 0 Å². The Morgan fingerprint density at radius 1 is 0.966 bits per heavy atom. The van der Waals surface area contributed by atoms with Gasteiger partial charge in [-0.15, -0.1) is 0 Å². The number of hydrogen-bond acceptors (Lipinski definition) is 5. The van der Waals surface area contributed by atoms with Crippen LogP contribution < -0.4 is 10.2 Å². The van der Waals surface area contributed by atoms with E-state index in [1.165, 1.54) is 6.21 Å². The number of esters is 1. The Bertz CT molecular complexity index is 1020. The fourth-order valence-electron chi connectivity index (χ4n) is 2.43. The number of aliphatic hydroxyl groups excluding tert-OH is 1. The zero-order valence-corrected chi connectivity index (χ0v) is 15.9. The van der Waals surface area contributed by atoms with Crippen molar-refractivity contribution >= 4 is 29.7 Å². The van der Waals surface area contributed by atoms with Crippen LogP contribution in [0.3, 0.4) is 0 Å². The third kappa shape index (κ3) is 5.51. The van der Waals surface area contributed by atoms with Crippen molar-refractivity contribution in [2.75, 3.05) is 0 Å². The summed E-state index contributed by atoms with van der Waals surface area (Å²) in [6.07, 6.45) is 0.106. The molecule has 29 heavy (non-hydrogen) atoms. The molecule has 0 aromatic heterocycles. The molecule has 2 N–H and O–H groups in total. The standard InChI is InChI=1S/C22H17ClN2O4/c23-19-9-5-4-8-18(19)22(28)29-17-12-10-15(11-13-17)14-24-25-21(27)20(26)16-6-2-1-3-7-16/h1-14,20,26H,(H,25,27)/b24-14-/t20-/m0/s1. The number of nitrogens with zero attached hydrogens (tertiary/aromatic N) is 1. The number of benzene rings is 3. The number of hydrogen-bond donors (Lipinski definition) is 2. The summed E-state index contributed by atoms with van der Waals surface area (Å²) in [7, 11) is 0. The second-order valence-corrected chi connectivity index (χ2v) is 6.39. The molecular formula is C22H17ClN2O4. The highest BCUT2D eigenvalue weighted by Gasteiger charge is 2.16. The van der Waals surface area contributed by atoms with Crippen molar-refractivity contribution in [1.82, 2.24) is 5.43 Å². The minimum atomic E-state index is -1.31. The van der Waals surface area contributed by atoms with Crippen LogP contribution in [-0.2, 0) is 4.79 Å². The van der Waals surface area contributed by atoms with Crippen molar-refractivity contribution in [2.45, 2.75) is 6.10 Å². The highest BCUT2D eigenvalue weighted by molar-refractivity contribution is 6.33. The number of carbonyl (C=O) groups is 2. The highest BCUT2D eigenvalue weighted by atomic mass is 35.5. The van der Waals surface area contributed by atoms with Gasteiger partial charge >= 0.3 is 5.97 Å². The minimum absolute atomic E-state index is 0.277. The van der Waals surface area contributed by atoms with E-state index >= 15 is 0 Å². The lowest BCUT2D eigenvalue weighted by Gasteiger charge is -2.08. The van der Waals surface area contributed by atoms with Crippen molar-refractivity contribution in [3.05, 3.63) is 101 Å². The zero-order valence-electron chi connectivity index (χ0n) is 15.2. The van der Waals surface area contributed by atoms with Crippen molar-refractivity contribution in [3.8, 4) is 5.75 Å². The molecule has 0 unspecified atom stereocenters. The monoisotopic (exact) mass is 408 g/mol. The van der Waals surface area contributed by atoms with Crippen LogP contribution in [0.25, 0.3) is 0 Å². The number of ether oxygens (including phenoxy) is 1. The second-order valence-electron chi connectivity index (χ2n) is 5.99. The van der Waals surface area contributed by atoms with E-state index in [0.717, 1.165) is 0 Å². The molecule has 3 aromatic carbocycles. The average molecular weight is 409 g/mol. The molecule has 3 aromatic rings. The molecule has 0 saturated carbocycles. The molecule has 3 rings (SSSR count). The SMILES string of the molecule is O=C(Oc1ccc(/C=N\NC(=O)[C@@H](O)c2ccccc2)cc1)c1ccccc1Cl. The van der Waals surface area contributed by atoms with Gasteiger partial charge < -0.3 is 9.84 Å². The van der Waals surface area contributed by atoms with Gasteiger partial charge in [0.05, 0.1) is 16.8 Å². The van der Waals surface area contributed by atoms with Crippen molar-refractivity contribution in [1.29, 1.82) is 0 Å². The molecule has 0 aliphatic rings. The third-order valence-corrected chi connectivity index (χ3v) is 4.27. The average Bonchev–Trinajstić information content (AvgIpc) is 2.75. The summed E-state index contributed by atoms with van der Waals surface area (Å²) in [6.45, 7) is 0. The molecule has 1 atom stereocenters. The molecule has 0 radical (unpaired) electrons. The van der Waals surface area contributed by atoms with Gasteiger partial charge in [0.1, 0.15) is 5.75 Å². The van der Waals surface area contributed by atoms with Crippen LogP contribution in [0.1, 0.15) is 27.6 Å². The molecule has 146 valence electrons. The number of amides is 1. The third-order valence-electron chi connectivity index (χ3n) is 3.94. The van der Waals surface area contributed by atoms with Gasteiger partial charge in [0, 0.05) is 0 Å². The fraction of sp³-hybridized carbons (Fsp3) is 0.0455. The maximum Gasteiger partial charge on any atom is 0.345 e. The molecule has 0 saturated heterocycles. The van der Waals surface area contributed by atoms with E-state index in [1.807, 2.05) is 0 Å². The van der Waals surface area contributed by atoms with E-state index in [1.54, 1.807) is 78.9 Å². The normalized spacial score (nSPS) is 11.8. The summed E-state index contributed by atoms with van der Waals surface area (Å²) in [4.78, 5) is 24.1. The summed E-state index contributed by atoms with van der Waals surface area (Å²) in [5, 5.41) is 14.1. The first-order valence-electron chi connectivity index (χ1n) is 8.67. The Hall–Kier alpha value is -3.48. The Kier molecular flexibility index (Phi) is 6.73. The molecule has 6 nitrogen and oxygen atoms in total. The molecule has 1 amide bonds. The van der Waals surface area contributed by atoms with Crippen molar-refractivity contribution < 1.29 is 19.4 Å². The lowest BCUT2D eigenvalue weighted by Crippen LogP contribution is -2.25. The molecule has 7 heteroatoms. The van der Waals surface area contributed by atoms with Gasteiger partial charge in [-0.3, -0.25) is 4.79 Å². The van der Waals surface area contributed by atoms with Gasteiger partial charge in [0.25, 0.3) is 5.91 Å². The molecule has 0 aliphatic heterocycles. The van der Waals surface area contributed by atoms with Crippen LogP contribution >= 0.6 is 11.6 Å². The first-order valence-corrected chi connectivity index (χ1v) is 9.05.